The summed E-state index contributed by atoms with van der Waals surface area (Å²) in [6.45, 7) is 17.6. The molecule has 0 radical (unpaired) electrons. The predicted molar refractivity (Wildman–Crippen MR) is 124 cm³/mol. The topological polar surface area (TPSA) is 48.0 Å². The molecule has 1 aromatic rings. The molecule has 2 unspecified atom stereocenters. The Hall–Kier alpha value is -1.05. The van der Waals surface area contributed by atoms with Gasteiger partial charge in [-0.15, -0.1) is 0 Å². The molecule has 0 bridgehead atoms. The third kappa shape index (κ3) is 5.05. The van der Waals surface area contributed by atoms with Gasteiger partial charge in [-0.05, 0) is 89.9 Å². The number of hydrogen-bond donors (Lipinski definition) is 0. The standard InChI is InChI=1S/C23H35BBrNO4/c1-15-14-26(20(27)28-21(2,3)4)10-9-19(15)16-11-17(13-18(25)12-16)24-29-22(5,6)23(7,8)30-24/h11-13,15,19H,9-10,14H2,1-8H3. The van der Waals surface area contributed by atoms with E-state index < -0.39 is 5.60 Å². The second-order valence-corrected chi connectivity index (χ2v) is 11.6. The third-order valence-corrected chi connectivity index (χ3v) is 6.91. The van der Waals surface area contributed by atoms with Gasteiger partial charge in [-0.3, -0.25) is 0 Å². The lowest BCUT2D eigenvalue weighted by Gasteiger charge is -2.38. The Kier molecular flexibility index (Phi) is 6.41. The lowest BCUT2D eigenvalue weighted by atomic mass is 9.75. The van der Waals surface area contributed by atoms with E-state index in [9.17, 15) is 4.79 Å². The molecule has 1 amide bonds. The van der Waals surface area contributed by atoms with Crippen molar-refractivity contribution < 1.29 is 18.8 Å². The van der Waals surface area contributed by atoms with Gasteiger partial charge < -0.3 is 18.9 Å². The van der Waals surface area contributed by atoms with Crippen LogP contribution in [0, 0.1) is 5.92 Å². The van der Waals surface area contributed by atoms with Gasteiger partial charge in [0.25, 0.3) is 0 Å². The molecule has 0 aliphatic carbocycles. The van der Waals surface area contributed by atoms with Crippen LogP contribution < -0.4 is 5.46 Å². The summed E-state index contributed by atoms with van der Waals surface area (Å²) in [6, 6.07) is 6.46. The van der Waals surface area contributed by atoms with Gasteiger partial charge in [-0.1, -0.05) is 28.9 Å². The van der Waals surface area contributed by atoms with Crippen molar-refractivity contribution in [1.82, 2.24) is 4.90 Å². The van der Waals surface area contributed by atoms with Gasteiger partial charge in [0.2, 0.25) is 0 Å². The van der Waals surface area contributed by atoms with Crippen LogP contribution >= 0.6 is 15.9 Å². The van der Waals surface area contributed by atoms with Crippen LogP contribution in [0.1, 0.15) is 73.3 Å². The summed E-state index contributed by atoms with van der Waals surface area (Å²) in [5.41, 5.74) is 1.07. The Morgan fingerprint density at radius 1 is 1.17 bits per heavy atom. The number of hydrogen-bond acceptors (Lipinski definition) is 4. The van der Waals surface area contributed by atoms with Crippen molar-refractivity contribution in [3.05, 3.63) is 28.2 Å². The van der Waals surface area contributed by atoms with Crippen molar-refractivity contribution in [3.8, 4) is 0 Å². The largest absolute Gasteiger partial charge is 0.494 e. The van der Waals surface area contributed by atoms with Crippen LogP contribution in [0.15, 0.2) is 22.7 Å². The van der Waals surface area contributed by atoms with Gasteiger partial charge in [0.1, 0.15) is 5.60 Å². The minimum absolute atomic E-state index is 0.222. The summed E-state index contributed by atoms with van der Waals surface area (Å²) >= 11 is 3.68. The normalized spacial score (nSPS) is 26.0. The summed E-state index contributed by atoms with van der Waals surface area (Å²) in [5, 5.41) is 0. The highest BCUT2D eigenvalue weighted by Gasteiger charge is 2.51. The number of rotatable bonds is 2. The second kappa shape index (κ2) is 8.14. The summed E-state index contributed by atoms with van der Waals surface area (Å²) in [6.07, 6.45) is 0.680. The summed E-state index contributed by atoms with van der Waals surface area (Å²) < 4.78 is 19.1. The molecule has 2 aliphatic rings. The molecule has 2 aliphatic heterocycles. The van der Waals surface area contributed by atoms with Crippen molar-refractivity contribution in [2.75, 3.05) is 13.1 Å². The Morgan fingerprint density at radius 3 is 2.30 bits per heavy atom. The van der Waals surface area contributed by atoms with Crippen molar-refractivity contribution in [2.45, 2.75) is 84.5 Å². The Balaban J connectivity index is 1.75. The molecule has 2 atom stereocenters. The lowest BCUT2D eigenvalue weighted by molar-refractivity contribution is 0.00578. The van der Waals surface area contributed by atoms with E-state index in [0.717, 1.165) is 16.4 Å². The molecule has 30 heavy (non-hydrogen) atoms. The molecular formula is C23H35BBrNO4. The highest BCUT2D eigenvalue weighted by molar-refractivity contribution is 9.10. The number of piperidine rings is 1. The fourth-order valence-corrected chi connectivity index (χ4v) is 4.63. The molecule has 0 N–H and O–H groups in total. The van der Waals surface area contributed by atoms with Crippen LogP contribution in [-0.2, 0) is 14.0 Å². The third-order valence-electron chi connectivity index (χ3n) is 6.45. The van der Waals surface area contributed by atoms with Crippen molar-refractivity contribution in [2.24, 2.45) is 5.92 Å². The maximum absolute atomic E-state index is 12.5. The van der Waals surface area contributed by atoms with E-state index in [1.54, 1.807) is 0 Å². The summed E-state index contributed by atoms with van der Waals surface area (Å²) in [7, 11) is -0.386. The molecule has 0 saturated carbocycles. The lowest BCUT2D eigenvalue weighted by Crippen LogP contribution is -2.44. The van der Waals surface area contributed by atoms with Gasteiger partial charge in [0, 0.05) is 17.6 Å². The molecular weight excluding hydrogens is 445 g/mol. The predicted octanol–water partition coefficient (Wildman–Crippen LogP) is 5.11. The number of benzene rings is 1. The van der Waals surface area contributed by atoms with Crippen LogP contribution in [0.2, 0.25) is 0 Å². The van der Waals surface area contributed by atoms with Crippen molar-refractivity contribution >= 4 is 34.6 Å². The minimum atomic E-state index is -0.473. The molecule has 7 heteroatoms. The maximum Gasteiger partial charge on any atom is 0.494 e. The monoisotopic (exact) mass is 479 g/mol. The van der Waals surface area contributed by atoms with Crippen LogP contribution in [0.5, 0.6) is 0 Å². The van der Waals surface area contributed by atoms with Crippen LogP contribution in [0.25, 0.3) is 0 Å². The SMILES string of the molecule is CC1CN(C(=O)OC(C)(C)C)CCC1c1cc(Br)cc(B2OC(C)(C)C(C)(C)O2)c1. The first kappa shape index (κ1) is 23.6. The number of amides is 1. The number of halogens is 1. The Labute approximate surface area is 190 Å². The number of carbonyl (C=O) groups is 1. The maximum atomic E-state index is 12.5. The van der Waals surface area contributed by atoms with Crippen molar-refractivity contribution in [1.29, 1.82) is 0 Å². The first-order valence-corrected chi connectivity index (χ1v) is 11.6. The van der Waals surface area contributed by atoms with Gasteiger partial charge in [-0.25, -0.2) is 4.79 Å². The molecule has 3 rings (SSSR count). The fraction of sp³-hybridized carbons (Fsp3) is 0.696. The smallest absolute Gasteiger partial charge is 0.444 e. The quantitative estimate of drug-likeness (QED) is 0.553. The molecule has 2 fully saturated rings. The summed E-state index contributed by atoms with van der Waals surface area (Å²) in [5.74, 6) is 0.689. The van der Waals surface area contributed by atoms with Gasteiger partial charge in [0.05, 0.1) is 11.2 Å². The molecule has 5 nitrogen and oxygen atoms in total. The first-order chi connectivity index (χ1) is 13.7. The molecule has 2 heterocycles. The number of nitrogens with zero attached hydrogens (tertiary/aromatic N) is 1. The van der Waals surface area contributed by atoms with E-state index in [1.165, 1.54) is 5.56 Å². The van der Waals surface area contributed by atoms with E-state index >= 15 is 0 Å². The Bertz CT molecular complexity index is 789. The minimum Gasteiger partial charge on any atom is -0.444 e. The first-order valence-electron chi connectivity index (χ1n) is 10.8. The van der Waals surface area contributed by atoms with Gasteiger partial charge >= 0.3 is 13.2 Å². The van der Waals surface area contributed by atoms with E-state index in [4.69, 9.17) is 14.0 Å². The summed E-state index contributed by atoms with van der Waals surface area (Å²) in [4.78, 5) is 14.3. The van der Waals surface area contributed by atoms with Crippen LogP contribution in [0.3, 0.4) is 0 Å². The zero-order valence-corrected chi connectivity index (χ0v) is 21.1. The molecule has 1 aromatic carbocycles. The average Bonchev–Trinajstić information content (AvgIpc) is 2.80. The van der Waals surface area contributed by atoms with Gasteiger partial charge in [-0.2, -0.15) is 0 Å². The second-order valence-electron chi connectivity index (χ2n) is 10.7. The zero-order chi connectivity index (χ0) is 22.5. The fourth-order valence-electron chi connectivity index (χ4n) is 4.10. The molecule has 166 valence electrons. The van der Waals surface area contributed by atoms with Gasteiger partial charge in [0.15, 0.2) is 0 Å². The molecule has 2 saturated heterocycles. The van der Waals surface area contributed by atoms with Crippen LogP contribution in [-0.4, -0.2) is 48.0 Å². The van der Waals surface area contributed by atoms with E-state index in [-0.39, 0.29) is 24.4 Å². The van der Waals surface area contributed by atoms with E-state index in [1.807, 2.05) is 25.7 Å². The van der Waals surface area contributed by atoms with Crippen LogP contribution in [0.4, 0.5) is 4.79 Å². The molecule has 0 spiro atoms. The number of ether oxygens (including phenoxy) is 1. The molecule has 0 aromatic heterocycles. The highest BCUT2D eigenvalue weighted by atomic mass is 79.9. The van der Waals surface area contributed by atoms with E-state index in [2.05, 4.69) is 68.7 Å². The van der Waals surface area contributed by atoms with Crippen molar-refractivity contribution in [3.63, 3.8) is 0 Å². The van der Waals surface area contributed by atoms with E-state index in [0.29, 0.717) is 24.9 Å². The zero-order valence-electron chi connectivity index (χ0n) is 19.5. The Morgan fingerprint density at radius 2 is 1.77 bits per heavy atom. The highest BCUT2D eigenvalue weighted by Crippen LogP contribution is 2.38. The average molecular weight is 480 g/mol. The number of likely N-dealkylation sites (tertiary alicyclic amines) is 1. The number of carbonyl (C=O) groups excluding carboxylic acids is 1.